The number of aryl methyl sites for hydroxylation is 2. The van der Waals surface area contributed by atoms with E-state index in [9.17, 15) is 9.59 Å². The van der Waals surface area contributed by atoms with Crippen molar-refractivity contribution in [3.63, 3.8) is 0 Å². The van der Waals surface area contributed by atoms with Gasteiger partial charge in [0.15, 0.2) is 5.78 Å². The zero-order chi connectivity index (χ0) is 19.4. The number of aromatic nitrogens is 2. The molecule has 0 amide bonds. The van der Waals surface area contributed by atoms with E-state index in [0.29, 0.717) is 5.69 Å². The van der Waals surface area contributed by atoms with Gasteiger partial charge in [-0.3, -0.25) is 14.7 Å². The summed E-state index contributed by atoms with van der Waals surface area (Å²) in [4.78, 5) is 24.0. The van der Waals surface area contributed by atoms with Crippen molar-refractivity contribution in [3.05, 3.63) is 59.3 Å². The van der Waals surface area contributed by atoms with Crippen LogP contribution in [0.5, 0.6) is 0 Å². The molecule has 0 aliphatic heterocycles. The van der Waals surface area contributed by atoms with Crippen LogP contribution < -0.4 is 5.73 Å². The van der Waals surface area contributed by atoms with Crippen LogP contribution >= 0.6 is 0 Å². The molecule has 1 aromatic heterocycles. The van der Waals surface area contributed by atoms with Crippen molar-refractivity contribution < 1.29 is 14.3 Å². The number of methoxy groups -OCH3 is 1. The van der Waals surface area contributed by atoms with E-state index in [2.05, 4.69) is 21.0 Å². The van der Waals surface area contributed by atoms with E-state index in [-0.39, 0.29) is 12.2 Å². The van der Waals surface area contributed by atoms with Crippen molar-refractivity contribution >= 4 is 28.3 Å². The molecule has 1 heterocycles. The predicted molar refractivity (Wildman–Crippen MR) is 104 cm³/mol. The number of ketones is 1. The number of esters is 1. The standard InChI is InChI=1S/C21H23N3O3/c1-13(21(26)27-2)10-19(25)20-17-9-8-15(12-18(17)23-24-20)7-6-14-4-3-5-16(22)11-14/h3-5,8-9,11-13H,6-7,10,22H2,1-2H3,(H,23,24)/t13-/m1/s1. The number of H-pyrrole nitrogens is 1. The van der Waals surface area contributed by atoms with Crippen LogP contribution in [0.15, 0.2) is 42.5 Å². The lowest BCUT2D eigenvalue weighted by Gasteiger charge is -2.07. The molecule has 0 saturated carbocycles. The molecule has 2 aromatic carbocycles. The van der Waals surface area contributed by atoms with Crippen molar-refractivity contribution in [2.75, 3.05) is 12.8 Å². The van der Waals surface area contributed by atoms with Crippen LogP contribution in [0.25, 0.3) is 10.9 Å². The molecule has 0 spiro atoms. The third-order valence-corrected chi connectivity index (χ3v) is 4.64. The summed E-state index contributed by atoms with van der Waals surface area (Å²) in [5, 5.41) is 7.86. The number of carbonyl (C=O) groups excluding carboxylic acids is 2. The van der Waals surface area contributed by atoms with Crippen LogP contribution in [0.3, 0.4) is 0 Å². The molecule has 6 heteroatoms. The number of carbonyl (C=O) groups is 2. The van der Waals surface area contributed by atoms with Gasteiger partial charge in [0.05, 0.1) is 18.5 Å². The molecule has 3 N–H and O–H groups in total. The first-order valence-electron chi connectivity index (χ1n) is 8.90. The van der Waals surface area contributed by atoms with Crippen molar-refractivity contribution in [2.24, 2.45) is 5.92 Å². The summed E-state index contributed by atoms with van der Waals surface area (Å²) in [5.74, 6) is -1.06. The average Bonchev–Trinajstić information content (AvgIpc) is 3.09. The zero-order valence-electron chi connectivity index (χ0n) is 15.5. The number of fused-ring (bicyclic) bond motifs is 1. The number of hydrogen-bond acceptors (Lipinski definition) is 5. The number of anilines is 1. The summed E-state index contributed by atoms with van der Waals surface area (Å²) in [6.07, 6.45) is 1.82. The van der Waals surface area contributed by atoms with E-state index in [1.807, 2.05) is 36.4 Å². The van der Waals surface area contributed by atoms with E-state index in [1.54, 1.807) is 6.92 Å². The van der Waals surface area contributed by atoms with E-state index < -0.39 is 11.9 Å². The number of Topliss-reactive ketones (excluding diaryl/α,β-unsaturated/α-hetero) is 1. The molecule has 0 radical (unpaired) electrons. The number of nitrogens with two attached hydrogens (primary N) is 1. The van der Waals surface area contributed by atoms with E-state index in [0.717, 1.165) is 35.0 Å². The Labute approximate surface area is 157 Å². The van der Waals surface area contributed by atoms with Crippen LogP contribution in [0, 0.1) is 5.92 Å². The highest BCUT2D eigenvalue weighted by Crippen LogP contribution is 2.21. The second-order valence-electron chi connectivity index (χ2n) is 6.75. The maximum Gasteiger partial charge on any atom is 0.308 e. The summed E-state index contributed by atoms with van der Waals surface area (Å²) < 4.78 is 4.68. The van der Waals surface area contributed by atoms with Crippen LogP contribution in [0.1, 0.15) is 35.0 Å². The zero-order valence-corrected chi connectivity index (χ0v) is 15.5. The molecule has 6 nitrogen and oxygen atoms in total. The van der Waals surface area contributed by atoms with Crippen LogP contribution in [0.4, 0.5) is 5.69 Å². The minimum Gasteiger partial charge on any atom is -0.469 e. The Kier molecular flexibility index (Phi) is 5.54. The fraction of sp³-hybridized carbons (Fsp3) is 0.286. The molecule has 0 aliphatic carbocycles. The number of rotatable bonds is 7. The Morgan fingerprint density at radius 2 is 1.89 bits per heavy atom. The molecule has 0 saturated heterocycles. The smallest absolute Gasteiger partial charge is 0.308 e. The van der Waals surface area contributed by atoms with Gasteiger partial charge in [-0.15, -0.1) is 0 Å². The number of nitrogens with zero attached hydrogens (tertiary/aromatic N) is 1. The lowest BCUT2D eigenvalue weighted by Crippen LogP contribution is -2.17. The Morgan fingerprint density at radius 3 is 2.59 bits per heavy atom. The molecule has 0 aliphatic rings. The normalized spacial score (nSPS) is 12.1. The third-order valence-electron chi connectivity index (χ3n) is 4.64. The fourth-order valence-corrected chi connectivity index (χ4v) is 3.13. The fourth-order valence-electron chi connectivity index (χ4n) is 3.13. The Bertz CT molecular complexity index is 978. The van der Waals surface area contributed by atoms with E-state index in [1.165, 1.54) is 12.7 Å². The van der Waals surface area contributed by atoms with Crippen LogP contribution in [0.2, 0.25) is 0 Å². The number of nitrogen functional groups attached to an aromatic ring is 1. The topological polar surface area (TPSA) is 98.1 Å². The Morgan fingerprint density at radius 1 is 1.15 bits per heavy atom. The van der Waals surface area contributed by atoms with Crippen molar-refractivity contribution in [2.45, 2.75) is 26.2 Å². The number of nitrogens with one attached hydrogen (secondary N) is 1. The highest BCUT2D eigenvalue weighted by atomic mass is 16.5. The minimum absolute atomic E-state index is 0.0732. The van der Waals surface area contributed by atoms with Gasteiger partial charge >= 0.3 is 5.97 Å². The highest BCUT2D eigenvalue weighted by Gasteiger charge is 2.21. The van der Waals surface area contributed by atoms with Gasteiger partial charge in [-0.2, -0.15) is 5.10 Å². The first kappa shape index (κ1) is 18.6. The van der Waals surface area contributed by atoms with Gasteiger partial charge < -0.3 is 10.5 Å². The maximum atomic E-state index is 12.5. The third kappa shape index (κ3) is 4.34. The first-order chi connectivity index (χ1) is 13.0. The SMILES string of the molecule is COC(=O)[C@H](C)CC(=O)c1n[nH]c2cc(CCc3cccc(N)c3)ccc12. The quantitative estimate of drug-likeness (QED) is 0.380. The Hall–Kier alpha value is -3.15. The minimum atomic E-state index is -0.494. The van der Waals surface area contributed by atoms with Gasteiger partial charge in [0.2, 0.25) is 0 Å². The highest BCUT2D eigenvalue weighted by molar-refractivity contribution is 6.06. The summed E-state index contributed by atoms with van der Waals surface area (Å²) in [6.45, 7) is 1.67. The molecule has 140 valence electrons. The summed E-state index contributed by atoms with van der Waals surface area (Å²) in [7, 11) is 1.32. The molecule has 27 heavy (non-hydrogen) atoms. The van der Waals surface area contributed by atoms with E-state index >= 15 is 0 Å². The summed E-state index contributed by atoms with van der Waals surface area (Å²) in [6, 6.07) is 13.8. The second-order valence-corrected chi connectivity index (χ2v) is 6.75. The van der Waals surface area contributed by atoms with Crippen LogP contribution in [-0.2, 0) is 22.4 Å². The summed E-state index contributed by atoms with van der Waals surface area (Å²) >= 11 is 0. The molecular weight excluding hydrogens is 342 g/mol. The monoisotopic (exact) mass is 365 g/mol. The number of benzene rings is 2. The van der Waals surface area contributed by atoms with Gasteiger partial charge in [-0.25, -0.2) is 0 Å². The summed E-state index contributed by atoms with van der Waals surface area (Å²) in [5.41, 5.74) is 10.1. The molecule has 0 fully saturated rings. The van der Waals surface area contributed by atoms with Gasteiger partial charge in [-0.05, 0) is 42.2 Å². The molecule has 1 atom stereocenters. The van der Waals surface area contributed by atoms with E-state index in [4.69, 9.17) is 5.73 Å². The predicted octanol–water partition coefficient (Wildman–Crippen LogP) is 3.31. The molecule has 3 rings (SSSR count). The second kappa shape index (κ2) is 8.03. The molecular formula is C21H23N3O3. The van der Waals surface area contributed by atoms with Gasteiger partial charge in [0.1, 0.15) is 5.69 Å². The van der Waals surface area contributed by atoms with Crippen molar-refractivity contribution in [1.29, 1.82) is 0 Å². The van der Waals surface area contributed by atoms with Gasteiger partial charge in [-0.1, -0.05) is 31.2 Å². The molecule has 3 aromatic rings. The largest absolute Gasteiger partial charge is 0.469 e. The Balaban J connectivity index is 1.72. The average molecular weight is 365 g/mol. The van der Waals surface area contributed by atoms with Crippen molar-refractivity contribution in [1.82, 2.24) is 10.2 Å². The van der Waals surface area contributed by atoms with Gasteiger partial charge in [0, 0.05) is 17.5 Å². The molecule has 0 unspecified atom stereocenters. The molecule has 0 bridgehead atoms. The van der Waals surface area contributed by atoms with Crippen LogP contribution in [-0.4, -0.2) is 29.1 Å². The lowest BCUT2D eigenvalue weighted by molar-refractivity contribution is -0.144. The number of aromatic amines is 1. The number of ether oxygens (including phenoxy) is 1. The first-order valence-corrected chi connectivity index (χ1v) is 8.90. The number of hydrogen-bond donors (Lipinski definition) is 2. The van der Waals surface area contributed by atoms with Gasteiger partial charge in [0.25, 0.3) is 0 Å². The lowest BCUT2D eigenvalue weighted by atomic mass is 9.99. The van der Waals surface area contributed by atoms with Crippen molar-refractivity contribution in [3.8, 4) is 0 Å². The maximum absolute atomic E-state index is 12.5.